The molecule has 3 aromatic rings. The highest BCUT2D eigenvalue weighted by Gasteiger charge is 2.18. The zero-order chi connectivity index (χ0) is 19.6. The summed E-state index contributed by atoms with van der Waals surface area (Å²) in [4.78, 5) is 15.3. The highest BCUT2D eigenvalue weighted by molar-refractivity contribution is 5.98. The number of hydrogen-bond donors (Lipinski definition) is 2. The maximum absolute atomic E-state index is 12.5. The van der Waals surface area contributed by atoms with Crippen LogP contribution in [0.2, 0.25) is 0 Å². The Kier molecular flexibility index (Phi) is 4.98. The van der Waals surface area contributed by atoms with Crippen molar-refractivity contribution in [2.45, 2.75) is 6.92 Å². The smallest absolute Gasteiger partial charge is 0.295 e. The summed E-state index contributed by atoms with van der Waals surface area (Å²) in [6, 6.07) is 8.51. The minimum Gasteiger partial charge on any atom is -0.493 e. The third-order valence-electron chi connectivity index (χ3n) is 4.15. The van der Waals surface area contributed by atoms with Gasteiger partial charge in [-0.1, -0.05) is 18.2 Å². The number of ether oxygens (including phenoxy) is 3. The van der Waals surface area contributed by atoms with E-state index in [0.29, 0.717) is 22.6 Å². The molecular formula is C19H19N3O5. The first kappa shape index (κ1) is 18.2. The molecule has 140 valence electrons. The molecule has 2 aromatic carbocycles. The average molecular weight is 369 g/mol. The lowest BCUT2D eigenvalue weighted by Gasteiger charge is -2.12. The van der Waals surface area contributed by atoms with Gasteiger partial charge >= 0.3 is 0 Å². The second-order valence-electron chi connectivity index (χ2n) is 5.74. The standard InChI is InChI=1S/C19H19N3O5/c1-10-6-5-7-12-15(10)20-19(24)16(12)21-22-18(23)11-8-13(25-2)17(27-4)14(9-11)26-3/h5-9,20,24H,1-4H3. The van der Waals surface area contributed by atoms with Gasteiger partial charge in [0.05, 0.1) is 32.4 Å². The van der Waals surface area contributed by atoms with E-state index in [1.165, 1.54) is 33.5 Å². The zero-order valence-corrected chi connectivity index (χ0v) is 15.4. The summed E-state index contributed by atoms with van der Waals surface area (Å²) in [7, 11) is 4.39. The third kappa shape index (κ3) is 3.29. The quantitative estimate of drug-likeness (QED) is 0.658. The van der Waals surface area contributed by atoms with Crippen LogP contribution in [0.1, 0.15) is 15.9 Å². The minimum atomic E-state index is -0.615. The third-order valence-corrected chi connectivity index (χ3v) is 4.15. The number of aromatic nitrogens is 1. The van der Waals surface area contributed by atoms with Crippen LogP contribution in [0.4, 0.5) is 5.69 Å². The normalized spacial score (nSPS) is 11.1. The lowest BCUT2D eigenvalue weighted by atomic mass is 10.1. The lowest BCUT2D eigenvalue weighted by Crippen LogP contribution is -2.00. The number of azo groups is 1. The molecule has 0 saturated heterocycles. The molecule has 0 radical (unpaired) electrons. The van der Waals surface area contributed by atoms with Crippen molar-refractivity contribution in [1.29, 1.82) is 0 Å². The molecule has 27 heavy (non-hydrogen) atoms. The van der Waals surface area contributed by atoms with Crippen LogP contribution < -0.4 is 14.2 Å². The van der Waals surface area contributed by atoms with Crippen molar-refractivity contribution >= 4 is 22.5 Å². The number of carbonyl (C=O) groups excluding carboxylic acids is 1. The second-order valence-corrected chi connectivity index (χ2v) is 5.74. The average Bonchev–Trinajstić information content (AvgIpc) is 3.01. The van der Waals surface area contributed by atoms with E-state index in [-0.39, 0.29) is 17.1 Å². The number of benzene rings is 2. The number of para-hydroxylation sites is 1. The Morgan fingerprint density at radius 3 is 2.33 bits per heavy atom. The maximum Gasteiger partial charge on any atom is 0.295 e. The summed E-state index contributed by atoms with van der Waals surface area (Å²) in [5.74, 6) is 0.275. The predicted octanol–water partition coefficient (Wildman–Crippen LogP) is 4.13. The number of H-pyrrole nitrogens is 1. The van der Waals surface area contributed by atoms with E-state index >= 15 is 0 Å². The van der Waals surface area contributed by atoms with Crippen molar-refractivity contribution in [2.24, 2.45) is 10.2 Å². The molecule has 0 fully saturated rings. The molecule has 8 heteroatoms. The molecule has 2 N–H and O–H groups in total. The van der Waals surface area contributed by atoms with Gasteiger partial charge in [0.2, 0.25) is 11.6 Å². The van der Waals surface area contributed by atoms with Gasteiger partial charge in [-0.05, 0) is 24.6 Å². The van der Waals surface area contributed by atoms with Crippen molar-refractivity contribution in [3.05, 3.63) is 41.5 Å². The number of carbonyl (C=O) groups is 1. The van der Waals surface area contributed by atoms with E-state index in [0.717, 1.165) is 11.1 Å². The Morgan fingerprint density at radius 2 is 1.74 bits per heavy atom. The topological polar surface area (TPSA) is 106 Å². The summed E-state index contributed by atoms with van der Waals surface area (Å²) >= 11 is 0. The van der Waals surface area contributed by atoms with Gasteiger partial charge in [0.1, 0.15) is 0 Å². The van der Waals surface area contributed by atoms with Gasteiger partial charge in [-0.3, -0.25) is 4.79 Å². The van der Waals surface area contributed by atoms with Crippen LogP contribution in [-0.2, 0) is 0 Å². The Bertz CT molecular complexity index is 1010. The van der Waals surface area contributed by atoms with Gasteiger partial charge in [-0.25, -0.2) is 0 Å². The van der Waals surface area contributed by atoms with Crippen LogP contribution in [0, 0.1) is 6.92 Å². The molecule has 0 bridgehead atoms. The number of methoxy groups -OCH3 is 3. The molecule has 0 aliphatic heterocycles. The van der Waals surface area contributed by atoms with Crippen molar-refractivity contribution in [2.75, 3.05) is 21.3 Å². The number of nitrogens with one attached hydrogen (secondary N) is 1. The molecule has 8 nitrogen and oxygen atoms in total. The van der Waals surface area contributed by atoms with Gasteiger partial charge in [-0.15, -0.1) is 10.2 Å². The summed E-state index contributed by atoms with van der Waals surface area (Å²) in [5, 5.41) is 18.5. The first-order valence-electron chi connectivity index (χ1n) is 8.06. The van der Waals surface area contributed by atoms with Crippen molar-refractivity contribution in [1.82, 2.24) is 4.98 Å². The van der Waals surface area contributed by atoms with Gasteiger partial charge in [0.15, 0.2) is 17.2 Å². The van der Waals surface area contributed by atoms with Crippen LogP contribution >= 0.6 is 0 Å². The number of hydrogen-bond acceptors (Lipinski definition) is 6. The summed E-state index contributed by atoms with van der Waals surface area (Å²) in [5.41, 5.74) is 2.10. The van der Waals surface area contributed by atoms with Crippen molar-refractivity contribution in [3.63, 3.8) is 0 Å². The molecule has 0 spiro atoms. The largest absolute Gasteiger partial charge is 0.493 e. The number of aromatic hydroxyl groups is 1. The lowest BCUT2D eigenvalue weighted by molar-refractivity contribution is 0.0994. The van der Waals surface area contributed by atoms with Gasteiger partial charge in [0, 0.05) is 5.39 Å². The van der Waals surface area contributed by atoms with Gasteiger partial charge < -0.3 is 24.3 Å². The van der Waals surface area contributed by atoms with Crippen LogP contribution in [0.3, 0.4) is 0 Å². The number of aromatic amines is 1. The van der Waals surface area contributed by atoms with E-state index in [2.05, 4.69) is 15.2 Å². The summed E-state index contributed by atoms with van der Waals surface area (Å²) < 4.78 is 15.7. The number of aryl methyl sites for hydroxylation is 1. The Labute approximate surface area is 155 Å². The molecule has 3 rings (SSSR count). The van der Waals surface area contributed by atoms with E-state index in [1.807, 2.05) is 19.1 Å². The fourth-order valence-corrected chi connectivity index (χ4v) is 2.80. The number of amides is 1. The second kappa shape index (κ2) is 7.36. The molecule has 1 heterocycles. The highest BCUT2D eigenvalue weighted by atomic mass is 16.5. The molecule has 0 atom stereocenters. The SMILES string of the molecule is COc1cc(C(=O)N=Nc2c(O)[nH]c3c(C)cccc23)cc(OC)c1OC. The first-order chi connectivity index (χ1) is 13.0. The minimum absolute atomic E-state index is 0.152. The molecule has 1 amide bonds. The van der Waals surface area contributed by atoms with E-state index < -0.39 is 5.91 Å². The van der Waals surface area contributed by atoms with Crippen LogP contribution in [-0.4, -0.2) is 37.3 Å². The predicted molar refractivity (Wildman–Crippen MR) is 99.6 cm³/mol. The fourth-order valence-electron chi connectivity index (χ4n) is 2.80. The summed E-state index contributed by atoms with van der Waals surface area (Å²) in [6.07, 6.45) is 0. The Hall–Kier alpha value is -3.55. The van der Waals surface area contributed by atoms with Crippen LogP contribution in [0.15, 0.2) is 40.6 Å². The van der Waals surface area contributed by atoms with E-state index in [4.69, 9.17) is 14.2 Å². The molecule has 0 saturated carbocycles. The molecule has 0 aliphatic rings. The molecule has 0 unspecified atom stereocenters. The number of nitrogens with zero attached hydrogens (tertiary/aromatic N) is 2. The number of fused-ring (bicyclic) bond motifs is 1. The molecule has 0 aliphatic carbocycles. The van der Waals surface area contributed by atoms with Gasteiger partial charge in [0.25, 0.3) is 5.91 Å². The Balaban J connectivity index is 1.99. The highest BCUT2D eigenvalue weighted by Crippen LogP contribution is 2.39. The van der Waals surface area contributed by atoms with E-state index in [9.17, 15) is 9.90 Å². The molecular weight excluding hydrogens is 350 g/mol. The monoisotopic (exact) mass is 369 g/mol. The fraction of sp³-hybridized carbons (Fsp3) is 0.211. The van der Waals surface area contributed by atoms with Crippen LogP contribution in [0.5, 0.6) is 23.1 Å². The number of rotatable bonds is 5. The van der Waals surface area contributed by atoms with Crippen molar-refractivity contribution in [3.8, 4) is 23.1 Å². The first-order valence-corrected chi connectivity index (χ1v) is 8.06. The summed E-state index contributed by atoms with van der Waals surface area (Å²) in [6.45, 7) is 1.90. The zero-order valence-electron chi connectivity index (χ0n) is 15.4. The maximum atomic E-state index is 12.5. The molecule has 1 aromatic heterocycles. The Morgan fingerprint density at radius 1 is 1.07 bits per heavy atom. The van der Waals surface area contributed by atoms with Crippen LogP contribution in [0.25, 0.3) is 10.9 Å². The van der Waals surface area contributed by atoms with E-state index in [1.54, 1.807) is 6.07 Å². The van der Waals surface area contributed by atoms with Gasteiger partial charge in [-0.2, -0.15) is 0 Å². The van der Waals surface area contributed by atoms with Crippen molar-refractivity contribution < 1.29 is 24.1 Å².